The van der Waals surface area contributed by atoms with Gasteiger partial charge < -0.3 is 16.2 Å². The Hall–Kier alpha value is -0.610. The molecule has 10 heavy (non-hydrogen) atoms. The molecular weight excluding hydrogens is 132 g/mol. The highest BCUT2D eigenvalue weighted by molar-refractivity contribution is 5.79. The Morgan fingerprint density at radius 1 is 1.70 bits per heavy atom. The molecule has 0 aliphatic rings. The molecule has 0 bridgehead atoms. The number of carbonyl (C=O) groups is 1. The highest BCUT2D eigenvalue weighted by atomic mass is 16.3. The topological polar surface area (TPSA) is 75.3 Å². The van der Waals surface area contributed by atoms with Crippen LogP contribution in [0, 0.1) is 0 Å². The molecule has 60 valence electrons. The molecule has 0 heterocycles. The first-order chi connectivity index (χ1) is 4.57. The number of amides is 1. The molecule has 0 aromatic heterocycles. The second-order valence-corrected chi connectivity index (χ2v) is 2.46. The zero-order valence-corrected chi connectivity index (χ0v) is 6.29. The molecular formula is C6H14N2O2. The van der Waals surface area contributed by atoms with Crippen LogP contribution in [0.15, 0.2) is 0 Å². The maximum atomic E-state index is 10.5. The smallest absolute Gasteiger partial charge is 0.236 e. The molecule has 0 fully saturated rings. The van der Waals surface area contributed by atoms with Gasteiger partial charge in [-0.3, -0.25) is 4.79 Å². The fourth-order valence-electron chi connectivity index (χ4n) is 0.627. The van der Waals surface area contributed by atoms with Gasteiger partial charge in [0.15, 0.2) is 0 Å². The van der Waals surface area contributed by atoms with E-state index in [1.165, 1.54) is 0 Å². The van der Waals surface area contributed by atoms with E-state index in [1.807, 2.05) is 13.8 Å². The molecule has 0 aliphatic carbocycles. The van der Waals surface area contributed by atoms with Gasteiger partial charge in [-0.05, 0) is 0 Å². The van der Waals surface area contributed by atoms with Crippen LogP contribution in [0.3, 0.4) is 0 Å². The van der Waals surface area contributed by atoms with Crippen LogP contribution in [0.25, 0.3) is 0 Å². The third-order valence-electron chi connectivity index (χ3n) is 1.06. The highest BCUT2D eigenvalue weighted by Crippen LogP contribution is 1.84. The number of primary amides is 1. The summed E-state index contributed by atoms with van der Waals surface area (Å²) in [5, 5.41) is 11.4. The number of aliphatic hydroxyl groups is 1. The van der Waals surface area contributed by atoms with Crippen molar-refractivity contribution in [1.82, 2.24) is 5.32 Å². The second-order valence-electron chi connectivity index (χ2n) is 2.46. The predicted molar refractivity (Wildman–Crippen MR) is 38.3 cm³/mol. The van der Waals surface area contributed by atoms with Gasteiger partial charge in [0.05, 0.1) is 6.61 Å². The van der Waals surface area contributed by atoms with Crippen LogP contribution >= 0.6 is 0 Å². The number of nitrogens with one attached hydrogen (secondary N) is 1. The van der Waals surface area contributed by atoms with Gasteiger partial charge in [0, 0.05) is 6.04 Å². The number of aliphatic hydroxyl groups excluding tert-OH is 1. The molecule has 1 unspecified atom stereocenters. The van der Waals surface area contributed by atoms with Crippen LogP contribution in [0.4, 0.5) is 0 Å². The van der Waals surface area contributed by atoms with Gasteiger partial charge in [0.25, 0.3) is 0 Å². The number of carbonyl (C=O) groups excluding carboxylic acids is 1. The van der Waals surface area contributed by atoms with E-state index in [0.29, 0.717) is 0 Å². The SMILES string of the molecule is CC(C)NC(CO)C(N)=O. The van der Waals surface area contributed by atoms with E-state index in [-0.39, 0.29) is 12.6 Å². The minimum Gasteiger partial charge on any atom is -0.394 e. The van der Waals surface area contributed by atoms with Crippen LogP contribution in [-0.4, -0.2) is 29.7 Å². The Labute approximate surface area is 60.4 Å². The van der Waals surface area contributed by atoms with Crippen molar-refractivity contribution < 1.29 is 9.90 Å². The van der Waals surface area contributed by atoms with Gasteiger partial charge in [-0.1, -0.05) is 13.8 Å². The van der Waals surface area contributed by atoms with Gasteiger partial charge in [0.1, 0.15) is 6.04 Å². The van der Waals surface area contributed by atoms with Crippen LogP contribution in [-0.2, 0) is 4.79 Å². The zero-order chi connectivity index (χ0) is 8.15. The van der Waals surface area contributed by atoms with Gasteiger partial charge in [-0.15, -0.1) is 0 Å². The van der Waals surface area contributed by atoms with Gasteiger partial charge in [0.2, 0.25) is 5.91 Å². The van der Waals surface area contributed by atoms with Crippen LogP contribution < -0.4 is 11.1 Å². The van der Waals surface area contributed by atoms with E-state index < -0.39 is 11.9 Å². The minimum absolute atomic E-state index is 0.157. The summed E-state index contributed by atoms with van der Waals surface area (Å²) in [5.41, 5.74) is 4.93. The first-order valence-electron chi connectivity index (χ1n) is 3.24. The van der Waals surface area contributed by atoms with Crippen molar-refractivity contribution in [3.63, 3.8) is 0 Å². The zero-order valence-electron chi connectivity index (χ0n) is 6.29. The van der Waals surface area contributed by atoms with Crippen molar-refractivity contribution in [1.29, 1.82) is 0 Å². The second kappa shape index (κ2) is 4.24. The Balaban J connectivity index is 3.72. The molecule has 0 aromatic rings. The summed E-state index contributed by atoms with van der Waals surface area (Å²) < 4.78 is 0. The van der Waals surface area contributed by atoms with E-state index in [1.54, 1.807) is 0 Å². The van der Waals surface area contributed by atoms with Crippen molar-refractivity contribution in [2.24, 2.45) is 5.73 Å². The Bertz CT molecular complexity index is 114. The molecule has 0 saturated heterocycles. The third kappa shape index (κ3) is 3.42. The molecule has 4 nitrogen and oxygen atoms in total. The summed E-state index contributed by atoms with van der Waals surface area (Å²) in [7, 11) is 0. The molecule has 0 saturated carbocycles. The first kappa shape index (κ1) is 9.39. The first-order valence-corrected chi connectivity index (χ1v) is 3.24. The molecule has 1 atom stereocenters. The molecule has 0 aromatic carbocycles. The van der Waals surface area contributed by atoms with E-state index in [2.05, 4.69) is 5.32 Å². The van der Waals surface area contributed by atoms with Crippen molar-refractivity contribution in [2.75, 3.05) is 6.61 Å². The molecule has 0 radical (unpaired) electrons. The average Bonchev–Trinajstić information content (AvgIpc) is 1.81. The molecule has 1 amide bonds. The van der Waals surface area contributed by atoms with Gasteiger partial charge >= 0.3 is 0 Å². The lowest BCUT2D eigenvalue weighted by Crippen LogP contribution is -2.46. The lowest BCUT2D eigenvalue weighted by Gasteiger charge is -2.14. The molecule has 0 aliphatic heterocycles. The van der Waals surface area contributed by atoms with Crippen LogP contribution in [0.1, 0.15) is 13.8 Å². The number of hydrogen-bond donors (Lipinski definition) is 3. The summed E-state index contributed by atoms with van der Waals surface area (Å²) in [6.07, 6.45) is 0. The van der Waals surface area contributed by atoms with Crippen LogP contribution in [0.5, 0.6) is 0 Å². The van der Waals surface area contributed by atoms with E-state index in [9.17, 15) is 4.79 Å². The lowest BCUT2D eigenvalue weighted by molar-refractivity contribution is -0.121. The van der Waals surface area contributed by atoms with Crippen molar-refractivity contribution in [2.45, 2.75) is 25.9 Å². The fourth-order valence-corrected chi connectivity index (χ4v) is 0.627. The minimum atomic E-state index is -0.611. The third-order valence-corrected chi connectivity index (χ3v) is 1.06. The lowest BCUT2D eigenvalue weighted by atomic mass is 10.2. The fraction of sp³-hybridized carbons (Fsp3) is 0.833. The maximum absolute atomic E-state index is 10.5. The summed E-state index contributed by atoms with van der Waals surface area (Å²) in [6, 6.07) is -0.454. The summed E-state index contributed by atoms with van der Waals surface area (Å²) in [6.45, 7) is 3.52. The Morgan fingerprint density at radius 2 is 2.20 bits per heavy atom. The highest BCUT2D eigenvalue weighted by Gasteiger charge is 2.13. The van der Waals surface area contributed by atoms with Gasteiger partial charge in [-0.2, -0.15) is 0 Å². The van der Waals surface area contributed by atoms with Crippen molar-refractivity contribution in [3.05, 3.63) is 0 Å². The summed E-state index contributed by atoms with van der Waals surface area (Å²) in [5.74, 6) is -0.517. The van der Waals surface area contributed by atoms with Gasteiger partial charge in [-0.25, -0.2) is 0 Å². The van der Waals surface area contributed by atoms with E-state index in [4.69, 9.17) is 10.8 Å². The number of hydrogen-bond acceptors (Lipinski definition) is 3. The standard InChI is InChI=1S/C6H14N2O2/c1-4(2)8-5(3-9)6(7)10/h4-5,8-9H,3H2,1-2H3,(H2,7,10). The molecule has 0 spiro atoms. The molecule has 4 N–H and O–H groups in total. The van der Waals surface area contributed by atoms with Crippen molar-refractivity contribution >= 4 is 5.91 Å². The largest absolute Gasteiger partial charge is 0.394 e. The normalized spacial score (nSPS) is 13.6. The number of rotatable bonds is 4. The van der Waals surface area contributed by atoms with E-state index in [0.717, 1.165) is 0 Å². The quantitative estimate of drug-likeness (QED) is 0.468. The molecule has 0 rings (SSSR count). The summed E-state index contributed by atoms with van der Waals surface area (Å²) in [4.78, 5) is 10.5. The molecule has 4 heteroatoms. The van der Waals surface area contributed by atoms with E-state index >= 15 is 0 Å². The van der Waals surface area contributed by atoms with Crippen LogP contribution in [0.2, 0.25) is 0 Å². The average molecular weight is 146 g/mol. The summed E-state index contributed by atoms with van der Waals surface area (Å²) >= 11 is 0. The Morgan fingerprint density at radius 3 is 2.30 bits per heavy atom. The number of nitrogens with two attached hydrogens (primary N) is 1. The predicted octanol–water partition coefficient (Wildman–Crippen LogP) is -1.17. The Kier molecular flexibility index (Phi) is 3.99. The maximum Gasteiger partial charge on any atom is 0.236 e. The van der Waals surface area contributed by atoms with Crippen molar-refractivity contribution in [3.8, 4) is 0 Å². The monoisotopic (exact) mass is 146 g/mol.